The molecule has 3 heterocycles. The molecule has 0 unspecified atom stereocenters. The number of benzene rings is 1. The molecule has 0 aliphatic carbocycles. The van der Waals surface area contributed by atoms with E-state index in [1.807, 2.05) is 36.4 Å². The number of aromatic nitrogens is 2. The highest BCUT2D eigenvalue weighted by atomic mass is 16.5. The SMILES string of the molecule is COC(=O)c1cccc(Cc2c(-c3ccco3)[nH]c3cc(OC)ccc23)n1. The molecule has 0 bridgehead atoms. The molecule has 3 aromatic heterocycles. The number of pyridine rings is 1. The van der Waals surface area contributed by atoms with Gasteiger partial charge in [-0.2, -0.15) is 0 Å². The third kappa shape index (κ3) is 3.17. The van der Waals surface area contributed by atoms with Crippen LogP contribution in [-0.2, 0) is 11.2 Å². The highest BCUT2D eigenvalue weighted by molar-refractivity contribution is 5.91. The second-order valence-corrected chi connectivity index (χ2v) is 6.05. The standard InChI is InChI=1S/C21H18N2O4/c1-25-14-8-9-15-16(11-13-5-3-6-17(22-13)21(24)26-2)20(23-18(15)12-14)19-7-4-10-27-19/h3-10,12,23H,11H2,1-2H3. The van der Waals surface area contributed by atoms with E-state index in [9.17, 15) is 4.79 Å². The van der Waals surface area contributed by atoms with Crippen molar-refractivity contribution in [2.45, 2.75) is 6.42 Å². The predicted molar refractivity (Wildman–Crippen MR) is 101 cm³/mol. The molecule has 0 radical (unpaired) electrons. The van der Waals surface area contributed by atoms with Gasteiger partial charge in [-0.05, 0) is 42.0 Å². The molecule has 0 amide bonds. The van der Waals surface area contributed by atoms with Crippen LogP contribution in [0.2, 0.25) is 0 Å². The number of nitrogens with one attached hydrogen (secondary N) is 1. The van der Waals surface area contributed by atoms with E-state index in [2.05, 4.69) is 9.97 Å². The number of carbonyl (C=O) groups excluding carboxylic acids is 1. The Balaban J connectivity index is 1.82. The Kier molecular flexibility index (Phi) is 4.38. The third-order valence-corrected chi connectivity index (χ3v) is 4.44. The van der Waals surface area contributed by atoms with E-state index in [-0.39, 0.29) is 5.69 Å². The minimum atomic E-state index is -0.452. The zero-order valence-electron chi connectivity index (χ0n) is 15.0. The highest BCUT2D eigenvalue weighted by Crippen LogP contribution is 2.33. The Bertz CT molecular complexity index is 1100. The normalized spacial score (nSPS) is 10.9. The van der Waals surface area contributed by atoms with Crippen LogP contribution in [-0.4, -0.2) is 30.2 Å². The quantitative estimate of drug-likeness (QED) is 0.538. The fourth-order valence-electron chi connectivity index (χ4n) is 3.15. The lowest BCUT2D eigenvalue weighted by Gasteiger charge is -2.05. The van der Waals surface area contributed by atoms with Crippen molar-refractivity contribution in [3.05, 3.63) is 71.7 Å². The average Bonchev–Trinajstić information content (AvgIpc) is 3.35. The summed E-state index contributed by atoms with van der Waals surface area (Å²) in [5, 5.41) is 1.05. The molecule has 4 aromatic rings. The molecule has 0 atom stereocenters. The number of furan rings is 1. The van der Waals surface area contributed by atoms with Gasteiger partial charge in [-0.3, -0.25) is 0 Å². The maximum atomic E-state index is 11.8. The molecule has 4 rings (SSSR count). The molecule has 136 valence electrons. The number of H-pyrrole nitrogens is 1. The smallest absolute Gasteiger partial charge is 0.356 e. The second-order valence-electron chi connectivity index (χ2n) is 6.05. The zero-order valence-corrected chi connectivity index (χ0v) is 15.0. The molecule has 0 saturated carbocycles. The van der Waals surface area contributed by atoms with Gasteiger partial charge in [-0.1, -0.05) is 6.07 Å². The summed E-state index contributed by atoms with van der Waals surface area (Å²) in [5.74, 6) is 1.06. The van der Waals surface area contributed by atoms with E-state index in [1.54, 1.807) is 25.5 Å². The summed E-state index contributed by atoms with van der Waals surface area (Å²) in [6, 6.07) is 15.0. The number of hydrogen-bond acceptors (Lipinski definition) is 5. The van der Waals surface area contributed by atoms with Crippen LogP contribution < -0.4 is 4.74 Å². The monoisotopic (exact) mass is 362 g/mol. The Morgan fingerprint density at radius 2 is 2.04 bits per heavy atom. The molecule has 6 nitrogen and oxygen atoms in total. The highest BCUT2D eigenvalue weighted by Gasteiger charge is 2.17. The minimum absolute atomic E-state index is 0.288. The van der Waals surface area contributed by atoms with Gasteiger partial charge in [-0.25, -0.2) is 9.78 Å². The molecule has 1 aromatic carbocycles. The summed E-state index contributed by atoms with van der Waals surface area (Å²) in [5.41, 5.74) is 3.92. The van der Waals surface area contributed by atoms with Gasteiger partial charge in [0.05, 0.1) is 26.2 Å². The van der Waals surface area contributed by atoms with Crippen LogP contribution in [0.4, 0.5) is 0 Å². The maximum Gasteiger partial charge on any atom is 0.356 e. The summed E-state index contributed by atoms with van der Waals surface area (Å²) in [6.07, 6.45) is 2.18. The molecular weight excluding hydrogens is 344 g/mol. The van der Waals surface area contributed by atoms with Crippen molar-refractivity contribution in [1.29, 1.82) is 0 Å². The fraction of sp³-hybridized carbons (Fsp3) is 0.143. The summed E-state index contributed by atoms with van der Waals surface area (Å²) in [4.78, 5) is 19.6. The van der Waals surface area contributed by atoms with Crippen molar-refractivity contribution in [2.75, 3.05) is 14.2 Å². The largest absolute Gasteiger partial charge is 0.497 e. The summed E-state index contributed by atoms with van der Waals surface area (Å²) in [7, 11) is 2.99. The Morgan fingerprint density at radius 3 is 2.78 bits per heavy atom. The number of aromatic amines is 1. The van der Waals surface area contributed by atoms with Crippen LogP contribution in [0.1, 0.15) is 21.7 Å². The number of esters is 1. The van der Waals surface area contributed by atoms with Gasteiger partial charge in [-0.15, -0.1) is 0 Å². The van der Waals surface area contributed by atoms with Gasteiger partial charge < -0.3 is 18.9 Å². The minimum Gasteiger partial charge on any atom is -0.497 e. The first-order chi connectivity index (χ1) is 13.2. The molecule has 1 N–H and O–H groups in total. The molecule has 6 heteroatoms. The number of methoxy groups -OCH3 is 2. The Hall–Kier alpha value is -3.54. The topological polar surface area (TPSA) is 77.3 Å². The van der Waals surface area contributed by atoms with Crippen LogP contribution >= 0.6 is 0 Å². The van der Waals surface area contributed by atoms with E-state index in [0.29, 0.717) is 6.42 Å². The van der Waals surface area contributed by atoms with E-state index in [4.69, 9.17) is 13.9 Å². The van der Waals surface area contributed by atoms with Gasteiger partial charge in [0, 0.05) is 29.1 Å². The lowest BCUT2D eigenvalue weighted by molar-refractivity contribution is 0.0593. The lowest BCUT2D eigenvalue weighted by Crippen LogP contribution is -2.06. The molecule has 27 heavy (non-hydrogen) atoms. The first kappa shape index (κ1) is 16.9. The second kappa shape index (κ2) is 6.99. The number of rotatable bonds is 5. The van der Waals surface area contributed by atoms with E-state index < -0.39 is 5.97 Å². The number of fused-ring (bicyclic) bond motifs is 1. The van der Waals surface area contributed by atoms with Crippen molar-refractivity contribution in [2.24, 2.45) is 0 Å². The molecule has 0 aliphatic rings. The van der Waals surface area contributed by atoms with Crippen molar-refractivity contribution >= 4 is 16.9 Å². The van der Waals surface area contributed by atoms with E-state index in [0.717, 1.165) is 39.4 Å². The molecule has 0 spiro atoms. The van der Waals surface area contributed by atoms with Crippen LogP contribution in [0.5, 0.6) is 5.75 Å². The van der Waals surface area contributed by atoms with Gasteiger partial charge in [0.25, 0.3) is 0 Å². The Morgan fingerprint density at radius 1 is 1.15 bits per heavy atom. The third-order valence-electron chi connectivity index (χ3n) is 4.44. The number of carbonyl (C=O) groups is 1. The Labute approximate surface area is 155 Å². The predicted octanol–water partition coefficient (Wildman–Crippen LogP) is 4.21. The molecular formula is C21H18N2O4. The summed E-state index contributed by atoms with van der Waals surface area (Å²) >= 11 is 0. The first-order valence-corrected chi connectivity index (χ1v) is 8.46. The van der Waals surface area contributed by atoms with Gasteiger partial charge in [0.1, 0.15) is 17.2 Å². The van der Waals surface area contributed by atoms with Crippen molar-refractivity contribution < 1.29 is 18.7 Å². The molecule has 0 saturated heterocycles. The van der Waals surface area contributed by atoms with E-state index in [1.165, 1.54) is 7.11 Å². The van der Waals surface area contributed by atoms with Crippen LogP contribution in [0.15, 0.2) is 59.2 Å². The summed E-state index contributed by atoms with van der Waals surface area (Å²) in [6.45, 7) is 0. The zero-order chi connectivity index (χ0) is 18.8. The van der Waals surface area contributed by atoms with Gasteiger partial charge in [0.15, 0.2) is 0 Å². The number of hydrogen-bond donors (Lipinski definition) is 1. The van der Waals surface area contributed by atoms with Gasteiger partial charge >= 0.3 is 5.97 Å². The van der Waals surface area contributed by atoms with Crippen LogP contribution in [0.3, 0.4) is 0 Å². The van der Waals surface area contributed by atoms with Crippen LogP contribution in [0, 0.1) is 0 Å². The van der Waals surface area contributed by atoms with Gasteiger partial charge in [0.2, 0.25) is 0 Å². The number of nitrogens with zero attached hydrogens (tertiary/aromatic N) is 1. The summed E-state index contributed by atoms with van der Waals surface area (Å²) < 4.78 is 15.7. The van der Waals surface area contributed by atoms with E-state index >= 15 is 0 Å². The molecule has 0 fully saturated rings. The lowest BCUT2D eigenvalue weighted by atomic mass is 10.0. The van der Waals surface area contributed by atoms with Crippen molar-refractivity contribution in [3.8, 4) is 17.2 Å². The van der Waals surface area contributed by atoms with Crippen molar-refractivity contribution in [3.63, 3.8) is 0 Å². The average molecular weight is 362 g/mol. The van der Waals surface area contributed by atoms with Crippen molar-refractivity contribution in [1.82, 2.24) is 9.97 Å². The fourth-order valence-corrected chi connectivity index (χ4v) is 3.15. The number of ether oxygens (including phenoxy) is 2. The maximum absolute atomic E-state index is 11.8. The van der Waals surface area contributed by atoms with Crippen LogP contribution in [0.25, 0.3) is 22.4 Å². The molecule has 0 aliphatic heterocycles. The first-order valence-electron chi connectivity index (χ1n) is 8.46.